The van der Waals surface area contributed by atoms with Gasteiger partial charge in [-0.3, -0.25) is 0 Å². The third-order valence-electron chi connectivity index (χ3n) is 3.70. The summed E-state index contributed by atoms with van der Waals surface area (Å²) in [4.78, 5) is 16.0. The average Bonchev–Trinajstić information content (AvgIpc) is 3.03. The molecule has 104 valence electrons. The molecule has 20 heavy (non-hydrogen) atoms. The Bertz CT molecular complexity index is 648. The van der Waals surface area contributed by atoms with E-state index >= 15 is 0 Å². The van der Waals surface area contributed by atoms with Crippen molar-refractivity contribution >= 4 is 11.7 Å². The maximum Gasteiger partial charge on any atom is 0.356 e. The fourth-order valence-corrected chi connectivity index (χ4v) is 2.82. The van der Waals surface area contributed by atoms with Crippen LogP contribution in [0.2, 0.25) is 0 Å². The monoisotopic (exact) mass is 271 g/mol. The molecule has 0 spiro atoms. The molecule has 1 unspecified atom stereocenters. The molecule has 1 aromatic heterocycles. The van der Waals surface area contributed by atoms with E-state index in [0.717, 1.165) is 18.5 Å². The van der Waals surface area contributed by atoms with Gasteiger partial charge in [0.25, 0.3) is 0 Å². The molecule has 1 heterocycles. The Balaban J connectivity index is 1.97. The van der Waals surface area contributed by atoms with Crippen LogP contribution >= 0.6 is 0 Å². The van der Waals surface area contributed by atoms with Crippen molar-refractivity contribution in [3.63, 3.8) is 0 Å². The lowest BCUT2D eigenvalue weighted by molar-refractivity contribution is 0.0512. The zero-order valence-corrected chi connectivity index (χ0v) is 11.4. The first-order valence-electron chi connectivity index (χ1n) is 6.78. The van der Waals surface area contributed by atoms with Gasteiger partial charge in [0.05, 0.1) is 25.2 Å². The normalized spacial score (nSPS) is 16.9. The first-order chi connectivity index (χ1) is 9.70. The highest BCUT2D eigenvalue weighted by Crippen LogP contribution is 2.36. The Kier molecular flexibility index (Phi) is 3.18. The summed E-state index contributed by atoms with van der Waals surface area (Å²) in [6, 6.07) is 6.08. The Morgan fingerprint density at radius 2 is 2.40 bits per heavy atom. The topological polar surface area (TPSA) is 70.1 Å². The van der Waals surface area contributed by atoms with Crippen molar-refractivity contribution in [2.24, 2.45) is 0 Å². The predicted octanol–water partition coefficient (Wildman–Crippen LogP) is 2.18. The zero-order chi connectivity index (χ0) is 14.1. The molecule has 2 aromatic rings. The van der Waals surface area contributed by atoms with E-state index < -0.39 is 0 Å². The van der Waals surface area contributed by atoms with Gasteiger partial charge in [-0.25, -0.2) is 9.78 Å². The average molecular weight is 271 g/mol. The lowest BCUT2D eigenvalue weighted by Gasteiger charge is -2.16. The molecule has 2 N–H and O–H groups in total. The SMILES string of the molecule is CCOC(=O)c1cncn1C1CCc2cc(N)ccc21. The van der Waals surface area contributed by atoms with Crippen molar-refractivity contribution in [3.8, 4) is 0 Å². The van der Waals surface area contributed by atoms with Gasteiger partial charge < -0.3 is 15.0 Å². The van der Waals surface area contributed by atoms with Gasteiger partial charge in [-0.1, -0.05) is 6.07 Å². The number of aryl methyl sites for hydroxylation is 1. The van der Waals surface area contributed by atoms with Crippen LogP contribution in [0.25, 0.3) is 0 Å². The van der Waals surface area contributed by atoms with Crippen LogP contribution in [0.15, 0.2) is 30.7 Å². The second-order valence-electron chi connectivity index (χ2n) is 4.92. The van der Waals surface area contributed by atoms with Crippen molar-refractivity contribution < 1.29 is 9.53 Å². The molecule has 1 aliphatic rings. The highest BCUT2D eigenvalue weighted by atomic mass is 16.5. The number of ether oxygens (including phenoxy) is 1. The molecule has 0 bridgehead atoms. The van der Waals surface area contributed by atoms with Crippen LogP contribution in [0.5, 0.6) is 0 Å². The number of carbonyl (C=O) groups is 1. The molecule has 0 fully saturated rings. The summed E-state index contributed by atoms with van der Waals surface area (Å²) in [5, 5.41) is 0. The summed E-state index contributed by atoms with van der Waals surface area (Å²) in [6.07, 6.45) is 5.17. The lowest BCUT2D eigenvalue weighted by atomic mass is 10.1. The maximum atomic E-state index is 11.9. The Labute approximate surface area is 117 Å². The van der Waals surface area contributed by atoms with Gasteiger partial charge in [0.15, 0.2) is 0 Å². The number of carbonyl (C=O) groups excluding carboxylic acids is 1. The van der Waals surface area contributed by atoms with E-state index in [2.05, 4.69) is 4.98 Å². The van der Waals surface area contributed by atoms with Crippen LogP contribution in [0.4, 0.5) is 5.69 Å². The smallest absolute Gasteiger partial charge is 0.356 e. The number of benzene rings is 1. The second kappa shape index (κ2) is 5.00. The number of nitrogens with two attached hydrogens (primary N) is 1. The first-order valence-corrected chi connectivity index (χ1v) is 6.78. The number of esters is 1. The van der Waals surface area contributed by atoms with Crippen molar-refractivity contribution in [2.45, 2.75) is 25.8 Å². The molecule has 1 aliphatic carbocycles. The van der Waals surface area contributed by atoms with Crippen LogP contribution in [0.3, 0.4) is 0 Å². The van der Waals surface area contributed by atoms with Gasteiger partial charge >= 0.3 is 5.97 Å². The number of hydrogen-bond donors (Lipinski definition) is 1. The van der Waals surface area contributed by atoms with Gasteiger partial charge in [0, 0.05) is 5.69 Å². The molecule has 0 radical (unpaired) electrons. The largest absolute Gasteiger partial charge is 0.461 e. The molecule has 5 heteroatoms. The van der Waals surface area contributed by atoms with E-state index in [0.29, 0.717) is 12.3 Å². The van der Waals surface area contributed by atoms with Gasteiger partial charge in [-0.05, 0) is 43.0 Å². The Hall–Kier alpha value is -2.30. The molecule has 0 saturated heterocycles. The molecule has 0 saturated carbocycles. The minimum Gasteiger partial charge on any atom is -0.461 e. The highest BCUT2D eigenvalue weighted by molar-refractivity contribution is 5.87. The summed E-state index contributed by atoms with van der Waals surface area (Å²) < 4.78 is 6.98. The van der Waals surface area contributed by atoms with E-state index in [-0.39, 0.29) is 12.0 Å². The summed E-state index contributed by atoms with van der Waals surface area (Å²) in [5.41, 5.74) is 9.56. The molecule has 5 nitrogen and oxygen atoms in total. The number of nitrogen functional groups attached to an aromatic ring is 1. The number of rotatable bonds is 3. The standard InChI is InChI=1S/C15H17N3O2/c1-2-20-15(19)14-8-17-9-18(14)13-6-3-10-7-11(16)4-5-12(10)13/h4-5,7-9,13H,2-3,6,16H2,1H3. The quantitative estimate of drug-likeness (QED) is 0.686. The van der Waals surface area contributed by atoms with E-state index in [1.807, 2.05) is 22.8 Å². The third-order valence-corrected chi connectivity index (χ3v) is 3.70. The number of imidazole rings is 1. The van der Waals surface area contributed by atoms with E-state index in [9.17, 15) is 4.79 Å². The third kappa shape index (κ3) is 2.05. The van der Waals surface area contributed by atoms with Crippen molar-refractivity contribution in [1.29, 1.82) is 0 Å². The molecule has 1 atom stereocenters. The van der Waals surface area contributed by atoms with E-state index in [4.69, 9.17) is 10.5 Å². The lowest BCUT2D eigenvalue weighted by Crippen LogP contribution is -2.15. The van der Waals surface area contributed by atoms with Crippen LogP contribution in [0.1, 0.15) is 41.0 Å². The summed E-state index contributed by atoms with van der Waals surface area (Å²) in [7, 11) is 0. The van der Waals surface area contributed by atoms with Crippen LogP contribution in [-0.2, 0) is 11.2 Å². The molecule has 1 aromatic carbocycles. The first kappa shape index (κ1) is 12.7. The van der Waals surface area contributed by atoms with Crippen LogP contribution in [-0.4, -0.2) is 22.1 Å². The number of anilines is 1. The highest BCUT2D eigenvalue weighted by Gasteiger charge is 2.27. The van der Waals surface area contributed by atoms with Gasteiger partial charge in [-0.2, -0.15) is 0 Å². The maximum absolute atomic E-state index is 11.9. The second-order valence-corrected chi connectivity index (χ2v) is 4.92. The summed E-state index contributed by atoms with van der Waals surface area (Å²) in [5.74, 6) is -0.325. The van der Waals surface area contributed by atoms with Crippen molar-refractivity contribution in [2.75, 3.05) is 12.3 Å². The van der Waals surface area contributed by atoms with Crippen molar-refractivity contribution in [3.05, 3.63) is 47.5 Å². The molecule has 0 aliphatic heterocycles. The zero-order valence-electron chi connectivity index (χ0n) is 11.4. The van der Waals surface area contributed by atoms with Gasteiger partial charge in [0.2, 0.25) is 0 Å². The predicted molar refractivity (Wildman–Crippen MR) is 75.5 cm³/mol. The van der Waals surface area contributed by atoms with Crippen LogP contribution < -0.4 is 5.73 Å². The van der Waals surface area contributed by atoms with Crippen LogP contribution in [0, 0.1) is 0 Å². The van der Waals surface area contributed by atoms with Crippen molar-refractivity contribution in [1.82, 2.24) is 9.55 Å². The van der Waals surface area contributed by atoms with Gasteiger partial charge in [0.1, 0.15) is 5.69 Å². The fraction of sp³-hybridized carbons (Fsp3) is 0.333. The molecular weight excluding hydrogens is 254 g/mol. The molecular formula is C15H17N3O2. The van der Waals surface area contributed by atoms with Gasteiger partial charge in [-0.15, -0.1) is 0 Å². The number of fused-ring (bicyclic) bond motifs is 1. The number of hydrogen-bond acceptors (Lipinski definition) is 4. The fourth-order valence-electron chi connectivity index (χ4n) is 2.82. The summed E-state index contributed by atoms with van der Waals surface area (Å²) >= 11 is 0. The summed E-state index contributed by atoms with van der Waals surface area (Å²) in [6.45, 7) is 2.16. The minimum atomic E-state index is -0.325. The number of nitrogens with zero attached hydrogens (tertiary/aromatic N) is 2. The van der Waals surface area contributed by atoms with E-state index in [1.165, 1.54) is 11.1 Å². The minimum absolute atomic E-state index is 0.132. The molecule has 3 rings (SSSR count). The number of aromatic nitrogens is 2. The Morgan fingerprint density at radius 1 is 1.55 bits per heavy atom. The Morgan fingerprint density at radius 3 is 3.20 bits per heavy atom. The van der Waals surface area contributed by atoms with E-state index in [1.54, 1.807) is 19.4 Å². The molecule has 0 amide bonds.